The average molecular weight is 563 g/mol. The molecule has 5 rings (SSSR count). The highest BCUT2D eigenvalue weighted by Gasteiger charge is 2.33. The summed E-state index contributed by atoms with van der Waals surface area (Å²) >= 11 is 0. The molecule has 40 heavy (non-hydrogen) atoms. The summed E-state index contributed by atoms with van der Waals surface area (Å²) in [6.07, 6.45) is -1.44. The average Bonchev–Trinajstić information content (AvgIpc) is 3.56. The monoisotopic (exact) mass is 562 g/mol. The highest BCUT2D eigenvalue weighted by Crippen LogP contribution is 2.34. The van der Waals surface area contributed by atoms with Crippen LogP contribution < -0.4 is 10.6 Å². The van der Waals surface area contributed by atoms with E-state index in [1.165, 1.54) is 0 Å². The van der Waals surface area contributed by atoms with Crippen molar-refractivity contribution in [2.24, 2.45) is 7.05 Å². The highest BCUT2D eigenvalue weighted by molar-refractivity contribution is 5.84. The van der Waals surface area contributed by atoms with E-state index in [1.54, 1.807) is 23.7 Å². The summed E-state index contributed by atoms with van der Waals surface area (Å²) in [5, 5.41) is 0. The Labute approximate surface area is 233 Å². The number of nitrogens with zero attached hydrogens (tertiary/aromatic N) is 6. The van der Waals surface area contributed by atoms with Gasteiger partial charge in [-0.3, -0.25) is 9.47 Å². The molecule has 0 bridgehead atoms. The summed E-state index contributed by atoms with van der Waals surface area (Å²) in [6, 6.07) is 5.53. The lowest BCUT2D eigenvalue weighted by atomic mass is 9.99. The molecule has 2 saturated heterocycles. The van der Waals surface area contributed by atoms with Crippen molar-refractivity contribution in [2.75, 3.05) is 31.1 Å². The number of fused-ring (bicyclic) bond motifs is 1. The van der Waals surface area contributed by atoms with Gasteiger partial charge >= 0.3 is 11.9 Å². The molecule has 0 amide bonds. The summed E-state index contributed by atoms with van der Waals surface area (Å²) in [7, 11) is 1.73. The third kappa shape index (κ3) is 5.90. The summed E-state index contributed by atoms with van der Waals surface area (Å²) < 4.78 is 48.6. The predicted molar refractivity (Wildman–Crippen MR) is 151 cm³/mol. The van der Waals surface area contributed by atoms with Gasteiger partial charge < -0.3 is 14.2 Å². The van der Waals surface area contributed by atoms with Crippen LogP contribution >= 0.6 is 0 Å². The molecule has 0 saturated carbocycles. The molecule has 8 nitrogen and oxygen atoms in total. The van der Waals surface area contributed by atoms with Gasteiger partial charge in [-0.05, 0) is 50.8 Å². The largest absolute Gasteiger partial charge is 0.416 e. The van der Waals surface area contributed by atoms with Crippen LogP contribution in [0.3, 0.4) is 0 Å². The van der Waals surface area contributed by atoms with Crippen LogP contribution in [0.4, 0.5) is 19.0 Å². The topological polar surface area (TPSA) is 68.4 Å². The van der Waals surface area contributed by atoms with E-state index in [4.69, 9.17) is 9.72 Å². The predicted octanol–water partition coefficient (Wildman–Crippen LogP) is 5.32. The third-order valence-electron chi connectivity index (χ3n) is 7.94. The zero-order valence-electron chi connectivity index (χ0n) is 24.3. The number of ether oxygens (including phenoxy) is 1. The van der Waals surface area contributed by atoms with Crippen LogP contribution in [-0.4, -0.2) is 62.4 Å². The number of alkyl halides is 3. The molecule has 0 radical (unpaired) electrons. The molecule has 3 unspecified atom stereocenters. The number of anilines is 1. The maximum atomic E-state index is 13.0. The smallest absolute Gasteiger partial charge is 0.376 e. The maximum absolute atomic E-state index is 13.0. The zero-order valence-corrected chi connectivity index (χ0v) is 24.3. The Bertz CT molecular complexity index is 1350. The number of imidazole rings is 1. The van der Waals surface area contributed by atoms with Gasteiger partial charge in [0, 0.05) is 45.4 Å². The van der Waals surface area contributed by atoms with E-state index in [2.05, 4.69) is 33.2 Å². The van der Waals surface area contributed by atoms with Crippen molar-refractivity contribution in [1.29, 1.82) is 0 Å². The standard InChI is InChI=1S/C27H35F3N6O2.C2H6/c1-5-22(19-8-10-20(11-9-19)27(28,29)30)34-12-13-35(17(2)15-34)24-23-25(33(4)26(37)32-24)36(18(3)31-23)16-21-7-6-14-38-21;1-2/h8-11,17,21-22H,5-7,12-16H2,1-4H3;1-2H3. The fourth-order valence-electron chi connectivity index (χ4n) is 5.95. The maximum Gasteiger partial charge on any atom is 0.416 e. The molecule has 0 spiro atoms. The van der Waals surface area contributed by atoms with Gasteiger partial charge in [-0.1, -0.05) is 32.9 Å². The van der Waals surface area contributed by atoms with Crippen LogP contribution in [0.25, 0.3) is 11.2 Å². The summed E-state index contributed by atoms with van der Waals surface area (Å²) in [4.78, 5) is 26.7. The van der Waals surface area contributed by atoms with E-state index >= 15 is 0 Å². The van der Waals surface area contributed by atoms with E-state index in [1.807, 2.05) is 20.8 Å². The molecule has 2 aliphatic rings. The summed E-state index contributed by atoms with van der Waals surface area (Å²) in [5.74, 6) is 1.41. The first-order valence-electron chi connectivity index (χ1n) is 14.3. The van der Waals surface area contributed by atoms with Crippen molar-refractivity contribution in [2.45, 2.75) is 84.8 Å². The third-order valence-corrected chi connectivity index (χ3v) is 7.94. The van der Waals surface area contributed by atoms with Gasteiger partial charge in [-0.2, -0.15) is 18.2 Å². The number of rotatable bonds is 6. The number of hydrogen-bond acceptors (Lipinski definition) is 6. The molecule has 1 aromatic carbocycles. The van der Waals surface area contributed by atoms with E-state index in [9.17, 15) is 18.0 Å². The number of halogens is 3. The SMILES string of the molecule is CC.CCC(c1ccc(C(F)(F)F)cc1)N1CCN(c2nc(=O)n(C)c3c2nc(C)n3CC2CCCO2)C(C)C1. The van der Waals surface area contributed by atoms with Crippen LogP contribution in [0.5, 0.6) is 0 Å². The van der Waals surface area contributed by atoms with Crippen LogP contribution in [0.1, 0.15) is 70.0 Å². The number of aryl methyl sites for hydroxylation is 2. The minimum absolute atomic E-state index is 0.00590. The Hall–Kier alpha value is -2.92. The van der Waals surface area contributed by atoms with E-state index < -0.39 is 11.7 Å². The fourth-order valence-corrected chi connectivity index (χ4v) is 5.95. The van der Waals surface area contributed by atoms with Crippen molar-refractivity contribution in [3.63, 3.8) is 0 Å². The molecule has 220 valence electrons. The van der Waals surface area contributed by atoms with Gasteiger partial charge in [0.2, 0.25) is 0 Å². The molecule has 11 heteroatoms. The Morgan fingerprint density at radius 2 is 1.82 bits per heavy atom. The minimum atomic E-state index is -4.35. The molecule has 2 aliphatic heterocycles. The van der Waals surface area contributed by atoms with Crippen LogP contribution in [0.2, 0.25) is 0 Å². The Balaban J connectivity index is 0.00000181. The van der Waals surface area contributed by atoms with Crippen LogP contribution in [0.15, 0.2) is 29.1 Å². The van der Waals surface area contributed by atoms with Gasteiger partial charge in [0.25, 0.3) is 0 Å². The Morgan fingerprint density at radius 1 is 1.12 bits per heavy atom. The van der Waals surface area contributed by atoms with Crippen molar-refractivity contribution in [1.82, 2.24) is 24.0 Å². The first kappa shape index (κ1) is 30.0. The Kier molecular flexibility index (Phi) is 9.24. The number of benzene rings is 1. The second kappa shape index (κ2) is 12.3. The van der Waals surface area contributed by atoms with Crippen LogP contribution in [-0.2, 0) is 24.5 Å². The normalized spacial score (nSPS) is 21.0. The van der Waals surface area contributed by atoms with Crippen molar-refractivity contribution in [3.05, 3.63) is 51.7 Å². The first-order valence-corrected chi connectivity index (χ1v) is 14.3. The quantitative estimate of drug-likeness (QED) is 0.405. The number of hydrogen-bond donors (Lipinski definition) is 0. The molecule has 2 fully saturated rings. The molecule has 3 aromatic rings. The fraction of sp³-hybridized carbons (Fsp3) is 0.621. The van der Waals surface area contributed by atoms with Crippen molar-refractivity contribution in [3.8, 4) is 0 Å². The van der Waals surface area contributed by atoms with Gasteiger partial charge in [-0.25, -0.2) is 9.78 Å². The lowest BCUT2D eigenvalue weighted by molar-refractivity contribution is -0.137. The molecule has 3 atom stereocenters. The first-order chi connectivity index (χ1) is 19.1. The molecule has 2 aromatic heterocycles. The minimum Gasteiger partial charge on any atom is -0.376 e. The van der Waals surface area contributed by atoms with Crippen LogP contribution in [0, 0.1) is 6.92 Å². The van der Waals surface area contributed by atoms with Crippen molar-refractivity contribution < 1.29 is 17.9 Å². The number of piperazine rings is 1. The second-order valence-corrected chi connectivity index (χ2v) is 10.4. The van der Waals surface area contributed by atoms with Crippen molar-refractivity contribution >= 4 is 17.0 Å². The molecular formula is C29H41F3N6O2. The van der Waals surface area contributed by atoms with Gasteiger partial charge in [0.05, 0.1) is 18.2 Å². The van der Waals surface area contributed by atoms with Gasteiger partial charge in [0.15, 0.2) is 5.82 Å². The number of aromatic nitrogens is 4. The molecule has 4 heterocycles. The summed E-state index contributed by atoms with van der Waals surface area (Å²) in [6.45, 7) is 13.5. The second-order valence-electron chi connectivity index (χ2n) is 10.4. The van der Waals surface area contributed by atoms with E-state index in [-0.39, 0.29) is 23.9 Å². The van der Waals surface area contributed by atoms with E-state index in [0.717, 1.165) is 55.0 Å². The zero-order chi connectivity index (χ0) is 29.2. The highest BCUT2D eigenvalue weighted by atomic mass is 19.4. The lowest BCUT2D eigenvalue weighted by Gasteiger charge is -2.43. The molecular weight excluding hydrogens is 521 g/mol. The lowest BCUT2D eigenvalue weighted by Crippen LogP contribution is -2.53. The van der Waals surface area contributed by atoms with Gasteiger partial charge in [0.1, 0.15) is 17.0 Å². The van der Waals surface area contributed by atoms with Gasteiger partial charge in [-0.15, -0.1) is 0 Å². The molecule has 0 N–H and O–H groups in total. The molecule has 0 aliphatic carbocycles. The Morgan fingerprint density at radius 3 is 2.40 bits per heavy atom. The summed E-state index contributed by atoms with van der Waals surface area (Å²) in [5.41, 5.74) is 1.37. The van der Waals surface area contributed by atoms with E-state index in [0.29, 0.717) is 37.5 Å².